The summed E-state index contributed by atoms with van der Waals surface area (Å²) in [5, 5.41) is 0. The Morgan fingerprint density at radius 1 is 1.50 bits per heavy atom. The van der Waals surface area contributed by atoms with Crippen LogP contribution >= 0.6 is 0 Å². The Labute approximate surface area is 95.0 Å². The molecule has 1 saturated heterocycles. The lowest BCUT2D eigenvalue weighted by molar-refractivity contribution is -0.172. The predicted octanol–water partition coefficient (Wildman–Crippen LogP) is 0.906. The number of esters is 2. The molecule has 5 heteroatoms. The van der Waals surface area contributed by atoms with Gasteiger partial charge in [-0.1, -0.05) is 0 Å². The van der Waals surface area contributed by atoms with Crippen LogP contribution in [0.2, 0.25) is 0 Å². The van der Waals surface area contributed by atoms with Gasteiger partial charge >= 0.3 is 11.9 Å². The molecule has 16 heavy (non-hydrogen) atoms. The lowest BCUT2D eigenvalue weighted by atomic mass is 9.87. The predicted molar refractivity (Wildman–Crippen MR) is 55.7 cm³/mol. The molecule has 1 fully saturated rings. The van der Waals surface area contributed by atoms with E-state index in [0.717, 1.165) is 0 Å². The average Bonchev–Trinajstić information content (AvgIpc) is 2.59. The second-order valence-corrected chi connectivity index (χ2v) is 4.25. The quantitative estimate of drug-likeness (QED) is 0.672. The highest BCUT2D eigenvalue weighted by atomic mass is 16.6. The monoisotopic (exact) mass is 230 g/mol. The summed E-state index contributed by atoms with van der Waals surface area (Å²) in [5.74, 6) is -1.08. The van der Waals surface area contributed by atoms with Crippen LogP contribution in [-0.4, -0.2) is 37.9 Å². The number of carbonyl (C=O) groups excluding carboxylic acids is 2. The van der Waals surface area contributed by atoms with Crippen LogP contribution in [0.15, 0.2) is 0 Å². The molecule has 0 aromatic heterocycles. The fraction of sp³-hybridized carbons (Fsp3) is 0.818. The van der Waals surface area contributed by atoms with Crippen molar-refractivity contribution in [3.8, 4) is 0 Å². The zero-order chi connectivity index (χ0) is 12.3. The third kappa shape index (κ3) is 2.35. The molecular formula is C11H18O5. The fourth-order valence-electron chi connectivity index (χ4n) is 2.20. The summed E-state index contributed by atoms with van der Waals surface area (Å²) in [5.41, 5.74) is -0.737. The maximum Gasteiger partial charge on any atom is 0.311 e. The number of ether oxygens (including phenoxy) is 3. The van der Waals surface area contributed by atoms with Crippen LogP contribution in [0.25, 0.3) is 0 Å². The molecule has 3 unspecified atom stereocenters. The van der Waals surface area contributed by atoms with Crippen LogP contribution in [0.3, 0.4) is 0 Å². The normalized spacial score (nSPS) is 28.4. The van der Waals surface area contributed by atoms with E-state index in [1.54, 1.807) is 13.8 Å². The maximum absolute atomic E-state index is 11.4. The van der Waals surface area contributed by atoms with E-state index in [-0.39, 0.29) is 11.9 Å². The van der Waals surface area contributed by atoms with Gasteiger partial charge in [-0.25, -0.2) is 0 Å². The van der Waals surface area contributed by atoms with Gasteiger partial charge in [0.15, 0.2) is 0 Å². The lowest BCUT2D eigenvalue weighted by Gasteiger charge is -2.34. The summed E-state index contributed by atoms with van der Waals surface area (Å²) >= 11 is 0. The first-order chi connectivity index (χ1) is 7.44. The van der Waals surface area contributed by atoms with Crippen LogP contribution in [0.4, 0.5) is 0 Å². The first-order valence-electron chi connectivity index (χ1n) is 5.27. The van der Waals surface area contributed by atoms with Crippen molar-refractivity contribution in [2.24, 2.45) is 5.92 Å². The Morgan fingerprint density at radius 3 is 2.50 bits per heavy atom. The minimum absolute atomic E-state index is 0.249. The molecule has 1 aliphatic heterocycles. The van der Waals surface area contributed by atoms with Gasteiger partial charge in [-0.15, -0.1) is 0 Å². The number of carbonyl (C=O) groups is 2. The van der Waals surface area contributed by atoms with Gasteiger partial charge in [0.25, 0.3) is 0 Å². The standard InChI is InChI=1S/C11H18O5/c1-7(10(13)15-4)9(14-3)11(2)6-5-8(12)16-11/h7,9H,5-6H2,1-4H3. The molecule has 0 spiro atoms. The largest absolute Gasteiger partial charge is 0.469 e. The van der Waals surface area contributed by atoms with Gasteiger partial charge in [-0.3, -0.25) is 9.59 Å². The third-order valence-corrected chi connectivity index (χ3v) is 3.06. The van der Waals surface area contributed by atoms with Crippen LogP contribution in [0, 0.1) is 5.92 Å². The molecule has 0 amide bonds. The van der Waals surface area contributed by atoms with E-state index >= 15 is 0 Å². The van der Waals surface area contributed by atoms with Crippen molar-refractivity contribution in [3.05, 3.63) is 0 Å². The molecule has 0 aromatic rings. The van der Waals surface area contributed by atoms with Crippen molar-refractivity contribution >= 4 is 11.9 Å². The van der Waals surface area contributed by atoms with Crippen molar-refractivity contribution < 1.29 is 23.8 Å². The van der Waals surface area contributed by atoms with E-state index in [1.807, 2.05) is 0 Å². The van der Waals surface area contributed by atoms with Gasteiger partial charge in [0.2, 0.25) is 0 Å². The van der Waals surface area contributed by atoms with Gasteiger partial charge in [0.05, 0.1) is 13.0 Å². The van der Waals surface area contributed by atoms with Crippen molar-refractivity contribution in [3.63, 3.8) is 0 Å². The zero-order valence-electron chi connectivity index (χ0n) is 10.1. The Bertz CT molecular complexity index is 288. The summed E-state index contributed by atoms with van der Waals surface area (Å²) in [6.45, 7) is 3.49. The van der Waals surface area contributed by atoms with E-state index in [9.17, 15) is 9.59 Å². The molecule has 92 valence electrons. The molecule has 0 aromatic carbocycles. The van der Waals surface area contributed by atoms with Gasteiger partial charge in [-0.2, -0.15) is 0 Å². The topological polar surface area (TPSA) is 61.8 Å². The minimum Gasteiger partial charge on any atom is -0.469 e. The second-order valence-electron chi connectivity index (χ2n) is 4.25. The van der Waals surface area contributed by atoms with E-state index in [2.05, 4.69) is 4.74 Å². The zero-order valence-corrected chi connectivity index (χ0v) is 10.1. The summed E-state index contributed by atoms with van der Waals surface area (Å²) in [6.07, 6.45) is 0.446. The molecule has 5 nitrogen and oxygen atoms in total. The molecule has 0 N–H and O–H groups in total. The highest BCUT2D eigenvalue weighted by Gasteiger charge is 2.47. The minimum atomic E-state index is -0.737. The van der Waals surface area contributed by atoms with Crippen molar-refractivity contribution in [1.29, 1.82) is 0 Å². The lowest BCUT2D eigenvalue weighted by Crippen LogP contribution is -2.47. The first kappa shape index (κ1) is 13.0. The molecule has 0 bridgehead atoms. The summed E-state index contributed by atoms with van der Waals surface area (Å²) in [4.78, 5) is 22.6. The van der Waals surface area contributed by atoms with Gasteiger partial charge in [0, 0.05) is 13.5 Å². The van der Waals surface area contributed by atoms with Crippen LogP contribution < -0.4 is 0 Å². The highest BCUT2D eigenvalue weighted by molar-refractivity contribution is 5.74. The molecule has 1 rings (SSSR count). The molecule has 0 aliphatic carbocycles. The first-order valence-corrected chi connectivity index (χ1v) is 5.27. The number of methoxy groups -OCH3 is 2. The molecule has 3 atom stereocenters. The molecule has 1 heterocycles. The highest BCUT2D eigenvalue weighted by Crippen LogP contribution is 2.34. The second kappa shape index (κ2) is 4.82. The summed E-state index contributed by atoms with van der Waals surface area (Å²) in [7, 11) is 2.83. The average molecular weight is 230 g/mol. The van der Waals surface area contributed by atoms with E-state index in [1.165, 1.54) is 14.2 Å². The molecular weight excluding hydrogens is 212 g/mol. The number of hydrogen-bond acceptors (Lipinski definition) is 5. The number of rotatable bonds is 4. The fourth-order valence-corrected chi connectivity index (χ4v) is 2.20. The summed E-state index contributed by atoms with van der Waals surface area (Å²) < 4.78 is 15.2. The van der Waals surface area contributed by atoms with E-state index < -0.39 is 17.6 Å². The summed E-state index contributed by atoms with van der Waals surface area (Å²) in [6, 6.07) is 0. The van der Waals surface area contributed by atoms with Crippen LogP contribution in [0.5, 0.6) is 0 Å². The Balaban J connectivity index is 2.81. The van der Waals surface area contributed by atoms with Gasteiger partial charge in [-0.05, 0) is 20.3 Å². The van der Waals surface area contributed by atoms with Crippen molar-refractivity contribution in [2.45, 2.75) is 38.4 Å². The van der Waals surface area contributed by atoms with Crippen LogP contribution in [0.1, 0.15) is 26.7 Å². The molecule has 0 radical (unpaired) electrons. The van der Waals surface area contributed by atoms with Crippen LogP contribution in [-0.2, 0) is 23.8 Å². The Kier molecular flexibility index (Phi) is 3.91. The number of cyclic esters (lactones) is 1. The van der Waals surface area contributed by atoms with E-state index in [0.29, 0.717) is 12.8 Å². The smallest absolute Gasteiger partial charge is 0.311 e. The Hall–Kier alpha value is -1.10. The van der Waals surface area contributed by atoms with Gasteiger partial charge < -0.3 is 14.2 Å². The van der Waals surface area contributed by atoms with Crippen molar-refractivity contribution in [1.82, 2.24) is 0 Å². The third-order valence-electron chi connectivity index (χ3n) is 3.06. The van der Waals surface area contributed by atoms with Gasteiger partial charge in [0.1, 0.15) is 11.7 Å². The van der Waals surface area contributed by atoms with E-state index in [4.69, 9.17) is 9.47 Å². The molecule has 0 saturated carbocycles. The molecule has 1 aliphatic rings. The van der Waals surface area contributed by atoms with Crippen molar-refractivity contribution in [2.75, 3.05) is 14.2 Å². The Morgan fingerprint density at radius 2 is 2.12 bits per heavy atom. The SMILES string of the molecule is COC(=O)C(C)C(OC)C1(C)CCC(=O)O1. The number of hydrogen-bond donors (Lipinski definition) is 0. The maximum atomic E-state index is 11.4.